The van der Waals surface area contributed by atoms with Crippen LogP contribution in [0.1, 0.15) is 28.8 Å². The van der Waals surface area contributed by atoms with Crippen LogP contribution in [0.25, 0.3) is 0 Å². The Morgan fingerprint density at radius 3 is 2.83 bits per heavy atom. The molecule has 0 atom stereocenters. The lowest BCUT2D eigenvalue weighted by Gasteiger charge is -2.09. The van der Waals surface area contributed by atoms with Gasteiger partial charge >= 0.3 is 5.97 Å². The molecule has 2 aromatic heterocycles. The number of carbonyl (C=O) groups excluding carboxylic acids is 1. The first kappa shape index (κ1) is 12.4. The third-order valence-electron chi connectivity index (χ3n) is 2.87. The van der Waals surface area contributed by atoms with Gasteiger partial charge in [0.25, 0.3) is 0 Å². The molecule has 2 heterocycles. The molecule has 0 bridgehead atoms. The fraction of sp³-hybridized carbons (Fsp3) is 0.385. The van der Waals surface area contributed by atoms with Crippen LogP contribution < -0.4 is 0 Å². The van der Waals surface area contributed by atoms with Gasteiger partial charge in [-0.3, -0.25) is 0 Å². The summed E-state index contributed by atoms with van der Waals surface area (Å²) in [5, 5.41) is 0. The Balaban J connectivity index is 2.29. The van der Waals surface area contributed by atoms with Gasteiger partial charge in [0.05, 0.1) is 13.2 Å². The summed E-state index contributed by atoms with van der Waals surface area (Å²) in [6.45, 7) is 4.65. The molecule has 0 N–H and O–H groups in total. The van der Waals surface area contributed by atoms with E-state index in [9.17, 15) is 4.79 Å². The lowest BCUT2D eigenvalue weighted by molar-refractivity contribution is 0.0513. The van der Waals surface area contributed by atoms with Crippen LogP contribution in [0.2, 0.25) is 0 Å². The summed E-state index contributed by atoms with van der Waals surface area (Å²) in [5.41, 5.74) is 1.52. The van der Waals surface area contributed by atoms with Gasteiger partial charge in [-0.05, 0) is 25.5 Å². The molecule has 18 heavy (non-hydrogen) atoms. The molecule has 5 heteroatoms. The van der Waals surface area contributed by atoms with Crippen LogP contribution in [0.15, 0.2) is 24.7 Å². The first-order chi connectivity index (χ1) is 8.63. The summed E-state index contributed by atoms with van der Waals surface area (Å²) >= 11 is 0. The van der Waals surface area contributed by atoms with Gasteiger partial charge in [-0.2, -0.15) is 0 Å². The van der Waals surface area contributed by atoms with E-state index in [4.69, 9.17) is 4.74 Å². The van der Waals surface area contributed by atoms with Gasteiger partial charge in [0, 0.05) is 25.6 Å². The summed E-state index contributed by atoms with van der Waals surface area (Å²) in [6.07, 6.45) is 5.52. The molecule has 5 nitrogen and oxygen atoms in total. The Bertz CT molecular complexity index is 554. The summed E-state index contributed by atoms with van der Waals surface area (Å²) in [4.78, 5) is 16.1. The molecule has 0 aliphatic carbocycles. The van der Waals surface area contributed by atoms with E-state index >= 15 is 0 Å². The maximum atomic E-state index is 11.9. The minimum absolute atomic E-state index is 0.283. The molecule has 0 saturated carbocycles. The van der Waals surface area contributed by atoms with Gasteiger partial charge in [0.1, 0.15) is 11.5 Å². The lowest BCUT2D eigenvalue weighted by Crippen LogP contribution is -2.15. The van der Waals surface area contributed by atoms with Crippen molar-refractivity contribution in [1.82, 2.24) is 14.1 Å². The molecule has 0 saturated heterocycles. The lowest BCUT2D eigenvalue weighted by atomic mass is 10.3. The Morgan fingerprint density at radius 1 is 1.44 bits per heavy atom. The fourth-order valence-corrected chi connectivity index (χ4v) is 1.89. The number of aromatic nitrogens is 3. The minimum Gasteiger partial charge on any atom is -0.461 e. The monoisotopic (exact) mass is 247 g/mol. The molecule has 0 unspecified atom stereocenters. The van der Waals surface area contributed by atoms with E-state index in [0.717, 1.165) is 11.4 Å². The van der Waals surface area contributed by atoms with Gasteiger partial charge < -0.3 is 13.9 Å². The van der Waals surface area contributed by atoms with Gasteiger partial charge in [0.15, 0.2) is 0 Å². The number of hydrogen-bond acceptors (Lipinski definition) is 3. The Hall–Kier alpha value is -2.04. The van der Waals surface area contributed by atoms with Crippen molar-refractivity contribution in [3.8, 4) is 0 Å². The quantitative estimate of drug-likeness (QED) is 0.773. The summed E-state index contributed by atoms with van der Waals surface area (Å²) < 4.78 is 8.88. The first-order valence-corrected chi connectivity index (χ1v) is 5.92. The van der Waals surface area contributed by atoms with Crippen molar-refractivity contribution in [1.29, 1.82) is 0 Å². The maximum absolute atomic E-state index is 11.9. The molecule has 0 fully saturated rings. The second-order valence-electron chi connectivity index (χ2n) is 4.15. The van der Waals surface area contributed by atoms with Gasteiger partial charge in [-0.25, -0.2) is 9.78 Å². The van der Waals surface area contributed by atoms with Gasteiger partial charge in [-0.15, -0.1) is 0 Å². The highest BCUT2D eigenvalue weighted by molar-refractivity contribution is 5.89. The van der Waals surface area contributed by atoms with E-state index in [1.807, 2.05) is 41.6 Å². The van der Waals surface area contributed by atoms with Gasteiger partial charge in [-0.1, -0.05) is 0 Å². The largest absolute Gasteiger partial charge is 0.461 e. The predicted molar refractivity (Wildman–Crippen MR) is 67.4 cm³/mol. The van der Waals surface area contributed by atoms with Crippen LogP contribution in [0.4, 0.5) is 0 Å². The minimum atomic E-state index is -0.283. The van der Waals surface area contributed by atoms with Crippen LogP contribution in [-0.4, -0.2) is 26.7 Å². The average Bonchev–Trinajstić information content (AvgIpc) is 2.88. The third kappa shape index (κ3) is 2.30. The molecule has 0 radical (unpaired) electrons. The van der Waals surface area contributed by atoms with Crippen molar-refractivity contribution in [2.24, 2.45) is 7.05 Å². The van der Waals surface area contributed by atoms with E-state index in [0.29, 0.717) is 18.8 Å². The summed E-state index contributed by atoms with van der Waals surface area (Å²) in [5.74, 6) is 0.616. The number of hydrogen-bond donors (Lipinski definition) is 0. The standard InChI is InChI=1S/C13H17N3O2/c1-4-18-13(17)12-10(2)5-7-16(12)9-11-14-6-8-15(11)3/h5-8H,4,9H2,1-3H3. The molecule has 2 rings (SSSR count). The molecule has 0 spiro atoms. The number of esters is 1. The van der Waals surface area contributed by atoms with Crippen LogP contribution in [-0.2, 0) is 18.3 Å². The van der Waals surface area contributed by atoms with E-state index in [-0.39, 0.29) is 5.97 Å². The molecular weight excluding hydrogens is 230 g/mol. The van der Waals surface area contributed by atoms with Crippen LogP contribution in [0.3, 0.4) is 0 Å². The topological polar surface area (TPSA) is 49.1 Å². The van der Waals surface area contributed by atoms with Crippen LogP contribution in [0, 0.1) is 6.92 Å². The maximum Gasteiger partial charge on any atom is 0.355 e. The second-order valence-corrected chi connectivity index (χ2v) is 4.15. The number of aryl methyl sites for hydroxylation is 2. The predicted octanol–water partition coefficient (Wildman–Crippen LogP) is 1.76. The van der Waals surface area contributed by atoms with Crippen LogP contribution in [0.5, 0.6) is 0 Å². The zero-order chi connectivity index (χ0) is 13.1. The zero-order valence-electron chi connectivity index (χ0n) is 10.9. The van der Waals surface area contributed by atoms with E-state index < -0.39 is 0 Å². The van der Waals surface area contributed by atoms with E-state index in [2.05, 4.69) is 4.98 Å². The smallest absolute Gasteiger partial charge is 0.355 e. The molecule has 0 aromatic carbocycles. The highest BCUT2D eigenvalue weighted by Gasteiger charge is 2.16. The average molecular weight is 247 g/mol. The van der Waals surface area contributed by atoms with Crippen molar-refractivity contribution in [3.63, 3.8) is 0 Å². The van der Waals surface area contributed by atoms with E-state index in [1.165, 1.54) is 0 Å². The van der Waals surface area contributed by atoms with Crippen molar-refractivity contribution in [2.75, 3.05) is 6.61 Å². The highest BCUT2D eigenvalue weighted by atomic mass is 16.5. The number of rotatable bonds is 4. The van der Waals surface area contributed by atoms with Gasteiger partial charge in [0.2, 0.25) is 0 Å². The SMILES string of the molecule is CCOC(=O)c1c(C)ccn1Cc1nccn1C. The Labute approximate surface area is 106 Å². The third-order valence-corrected chi connectivity index (χ3v) is 2.87. The first-order valence-electron chi connectivity index (χ1n) is 5.92. The second kappa shape index (κ2) is 5.08. The fourth-order valence-electron chi connectivity index (χ4n) is 1.89. The number of imidazole rings is 1. The van der Waals surface area contributed by atoms with Crippen molar-refractivity contribution < 1.29 is 9.53 Å². The molecule has 96 valence electrons. The molecule has 0 amide bonds. The molecule has 0 aliphatic heterocycles. The Morgan fingerprint density at radius 2 is 2.22 bits per heavy atom. The molecular formula is C13H17N3O2. The van der Waals surface area contributed by atoms with E-state index in [1.54, 1.807) is 13.1 Å². The Kier molecular flexibility index (Phi) is 3.50. The van der Waals surface area contributed by atoms with Crippen molar-refractivity contribution in [3.05, 3.63) is 41.7 Å². The van der Waals surface area contributed by atoms with Crippen molar-refractivity contribution >= 4 is 5.97 Å². The van der Waals surface area contributed by atoms with Crippen molar-refractivity contribution in [2.45, 2.75) is 20.4 Å². The number of nitrogens with zero attached hydrogens (tertiary/aromatic N) is 3. The number of ether oxygens (including phenoxy) is 1. The summed E-state index contributed by atoms with van der Waals surface area (Å²) in [6, 6.07) is 1.91. The normalized spacial score (nSPS) is 10.6. The highest BCUT2D eigenvalue weighted by Crippen LogP contribution is 2.13. The number of carbonyl (C=O) groups is 1. The zero-order valence-corrected chi connectivity index (χ0v) is 10.9. The molecule has 0 aliphatic rings. The summed E-state index contributed by atoms with van der Waals surface area (Å²) in [7, 11) is 1.93. The van der Waals surface area contributed by atoms with Crippen LogP contribution >= 0.6 is 0 Å². The molecule has 2 aromatic rings.